The lowest BCUT2D eigenvalue weighted by molar-refractivity contribution is -0.147. The number of esters is 1. The maximum atomic E-state index is 11.9. The second-order valence-electron chi connectivity index (χ2n) is 4.98. The van der Waals surface area contributed by atoms with E-state index in [9.17, 15) is 9.59 Å². The summed E-state index contributed by atoms with van der Waals surface area (Å²) >= 11 is 0. The first kappa shape index (κ1) is 15.9. The molecule has 0 saturated heterocycles. The van der Waals surface area contributed by atoms with Gasteiger partial charge in [-0.05, 0) is 31.9 Å². The van der Waals surface area contributed by atoms with E-state index in [1.54, 1.807) is 19.9 Å². The summed E-state index contributed by atoms with van der Waals surface area (Å²) in [5.74, 6) is -0.462. The molecule has 1 unspecified atom stereocenters. The molecule has 0 spiro atoms. The highest BCUT2D eigenvalue weighted by atomic mass is 16.5. The van der Waals surface area contributed by atoms with Crippen molar-refractivity contribution in [3.05, 3.63) is 52.3 Å². The minimum Gasteiger partial charge on any atom is -0.464 e. The fraction of sp³-hybridized carbons (Fsp3) is 0.353. The average molecular weight is 300 g/mol. The fourth-order valence-corrected chi connectivity index (χ4v) is 2.13. The van der Waals surface area contributed by atoms with Gasteiger partial charge in [0.25, 0.3) is 5.56 Å². The lowest BCUT2D eigenvalue weighted by atomic mass is 10.1. The molecular weight excluding hydrogens is 280 g/mol. The predicted molar refractivity (Wildman–Crippen MR) is 84.7 cm³/mol. The largest absolute Gasteiger partial charge is 0.464 e. The van der Waals surface area contributed by atoms with Crippen LogP contribution < -0.4 is 5.56 Å². The van der Waals surface area contributed by atoms with E-state index in [2.05, 4.69) is 12.0 Å². The van der Waals surface area contributed by atoms with Crippen molar-refractivity contribution < 1.29 is 9.53 Å². The summed E-state index contributed by atoms with van der Waals surface area (Å²) < 4.78 is 6.12. The van der Waals surface area contributed by atoms with Gasteiger partial charge in [-0.15, -0.1) is 0 Å². The van der Waals surface area contributed by atoms with Gasteiger partial charge in [-0.1, -0.05) is 31.2 Å². The molecule has 2 aromatic rings. The maximum Gasteiger partial charge on any atom is 0.330 e. The number of aromatic nitrogens is 2. The highest BCUT2D eigenvalue weighted by Crippen LogP contribution is 2.17. The molecule has 0 aliphatic heterocycles. The summed E-state index contributed by atoms with van der Waals surface area (Å²) in [5, 5.41) is 4.30. The molecular formula is C17H20N2O3. The van der Waals surface area contributed by atoms with E-state index in [0.717, 1.165) is 12.0 Å². The maximum absolute atomic E-state index is 11.9. The smallest absolute Gasteiger partial charge is 0.330 e. The van der Waals surface area contributed by atoms with Crippen molar-refractivity contribution in [2.45, 2.75) is 33.2 Å². The van der Waals surface area contributed by atoms with E-state index in [1.807, 2.05) is 24.3 Å². The summed E-state index contributed by atoms with van der Waals surface area (Å²) in [5.41, 5.74) is 2.46. The summed E-state index contributed by atoms with van der Waals surface area (Å²) in [7, 11) is 0. The highest BCUT2D eigenvalue weighted by molar-refractivity contribution is 5.73. The SMILES string of the molecule is CCOC(=O)C(C)n1nc(-c2ccc(CC)cc2)ccc1=O. The number of benzene rings is 1. The number of rotatable bonds is 5. The highest BCUT2D eigenvalue weighted by Gasteiger charge is 2.19. The Morgan fingerprint density at radius 2 is 1.86 bits per heavy atom. The van der Waals surface area contributed by atoms with Crippen molar-refractivity contribution in [2.75, 3.05) is 6.61 Å². The van der Waals surface area contributed by atoms with Crippen molar-refractivity contribution in [2.24, 2.45) is 0 Å². The molecule has 0 aliphatic rings. The first-order valence-electron chi connectivity index (χ1n) is 7.42. The molecule has 0 saturated carbocycles. The van der Waals surface area contributed by atoms with Crippen LogP contribution in [0.4, 0.5) is 0 Å². The average Bonchev–Trinajstić information content (AvgIpc) is 2.55. The van der Waals surface area contributed by atoms with Crippen molar-refractivity contribution in [1.29, 1.82) is 0 Å². The fourth-order valence-electron chi connectivity index (χ4n) is 2.13. The molecule has 5 heteroatoms. The molecule has 2 rings (SSSR count). The van der Waals surface area contributed by atoms with Crippen LogP contribution in [0.15, 0.2) is 41.2 Å². The third-order valence-electron chi connectivity index (χ3n) is 3.48. The molecule has 0 radical (unpaired) electrons. The lowest BCUT2D eigenvalue weighted by Crippen LogP contribution is -2.31. The van der Waals surface area contributed by atoms with Crippen LogP contribution in [0.3, 0.4) is 0 Å². The number of aryl methyl sites for hydroxylation is 1. The second kappa shape index (κ2) is 7.02. The number of ether oxygens (including phenoxy) is 1. The van der Waals surface area contributed by atoms with Crippen molar-refractivity contribution in [1.82, 2.24) is 9.78 Å². The van der Waals surface area contributed by atoms with Gasteiger partial charge < -0.3 is 4.74 Å². The van der Waals surface area contributed by atoms with E-state index >= 15 is 0 Å². The van der Waals surface area contributed by atoms with Gasteiger partial charge in [0.05, 0.1) is 12.3 Å². The Morgan fingerprint density at radius 3 is 2.45 bits per heavy atom. The first-order chi connectivity index (χ1) is 10.6. The molecule has 1 heterocycles. The molecule has 1 atom stereocenters. The predicted octanol–water partition coefficient (Wildman–Crippen LogP) is 2.60. The van der Waals surface area contributed by atoms with Crippen LogP contribution in [0.2, 0.25) is 0 Å². The van der Waals surface area contributed by atoms with Gasteiger partial charge in [0.1, 0.15) is 0 Å². The molecule has 0 bridgehead atoms. The molecule has 5 nitrogen and oxygen atoms in total. The standard InChI is InChI=1S/C17H20N2O3/c1-4-13-6-8-14(9-7-13)15-10-11-16(20)19(18-15)12(3)17(21)22-5-2/h6-12H,4-5H2,1-3H3. The molecule has 22 heavy (non-hydrogen) atoms. The van der Waals surface area contributed by atoms with Gasteiger partial charge in [0.15, 0.2) is 6.04 Å². The second-order valence-corrected chi connectivity index (χ2v) is 4.98. The van der Waals surface area contributed by atoms with E-state index in [4.69, 9.17) is 4.74 Å². The number of carbonyl (C=O) groups excluding carboxylic acids is 1. The Bertz CT molecular complexity index is 705. The summed E-state index contributed by atoms with van der Waals surface area (Å²) in [6.07, 6.45) is 0.965. The molecule has 0 amide bonds. The van der Waals surface area contributed by atoms with Crippen LogP contribution in [-0.2, 0) is 16.0 Å². The number of carbonyl (C=O) groups is 1. The Morgan fingerprint density at radius 1 is 1.18 bits per heavy atom. The van der Waals surface area contributed by atoms with Gasteiger partial charge in [-0.25, -0.2) is 9.48 Å². The van der Waals surface area contributed by atoms with E-state index < -0.39 is 12.0 Å². The zero-order valence-electron chi connectivity index (χ0n) is 13.1. The van der Waals surface area contributed by atoms with Crippen LogP contribution >= 0.6 is 0 Å². The van der Waals surface area contributed by atoms with Gasteiger partial charge in [-0.2, -0.15) is 5.10 Å². The quantitative estimate of drug-likeness (QED) is 0.796. The molecule has 1 aromatic heterocycles. The van der Waals surface area contributed by atoms with E-state index in [-0.39, 0.29) is 12.2 Å². The Labute approximate surface area is 129 Å². The van der Waals surface area contributed by atoms with Crippen LogP contribution in [0.5, 0.6) is 0 Å². The zero-order valence-corrected chi connectivity index (χ0v) is 13.1. The normalized spacial score (nSPS) is 12.0. The van der Waals surface area contributed by atoms with Crippen LogP contribution in [-0.4, -0.2) is 22.4 Å². The molecule has 0 aliphatic carbocycles. The van der Waals surface area contributed by atoms with E-state index in [1.165, 1.54) is 16.3 Å². The molecule has 116 valence electrons. The molecule has 0 fully saturated rings. The molecule has 1 aromatic carbocycles. The van der Waals surface area contributed by atoms with Crippen LogP contribution in [0, 0.1) is 0 Å². The molecule has 0 N–H and O–H groups in total. The van der Waals surface area contributed by atoms with Crippen LogP contribution in [0.1, 0.15) is 32.4 Å². The summed E-state index contributed by atoms with van der Waals surface area (Å²) in [6.45, 7) is 5.70. The number of nitrogens with zero attached hydrogens (tertiary/aromatic N) is 2. The Balaban J connectivity index is 2.37. The monoisotopic (exact) mass is 300 g/mol. The zero-order chi connectivity index (χ0) is 16.1. The Kier molecular flexibility index (Phi) is 5.09. The van der Waals surface area contributed by atoms with Crippen LogP contribution in [0.25, 0.3) is 11.3 Å². The van der Waals surface area contributed by atoms with Crippen molar-refractivity contribution in [3.8, 4) is 11.3 Å². The first-order valence-corrected chi connectivity index (χ1v) is 7.42. The number of hydrogen-bond acceptors (Lipinski definition) is 4. The third kappa shape index (κ3) is 3.42. The van der Waals surface area contributed by atoms with Crippen molar-refractivity contribution in [3.63, 3.8) is 0 Å². The number of hydrogen-bond donors (Lipinski definition) is 0. The summed E-state index contributed by atoms with van der Waals surface area (Å²) in [4.78, 5) is 23.8. The Hall–Kier alpha value is -2.43. The lowest BCUT2D eigenvalue weighted by Gasteiger charge is -2.13. The summed E-state index contributed by atoms with van der Waals surface area (Å²) in [6, 6.07) is 10.3. The van der Waals surface area contributed by atoms with Gasteiger partial charge in [-0.3, -0.25) is 4.79 Å². The minimum absolute atomic E-state index is 0.274. The van der Waals surface area contributed by atoms with Crippen molar-refractivity contribution >= 4 is 5.97 Å². The van der Waals surface area contributed by atoms with Gasteiger partial charge in [0, 0.05) is 11.6 Å². The van der Waals surface area contributed by atoms with Gasteiger partial charge >= 0.3 is 5.97 Å². The topological polar surface area (TPSA) is 61.2 Å². The minimum atomic E-state index is -0.748. The van der Waals surface area contributed by atoms with Gasteiger partial charge in [0.2, 0.25) is 0 Å². The van der Waals surface area contributed by atoms with E-state index in [0.29, 0.717) is 5.69 Å². The third-order valence-corrected chi connectivity index (χ3v) is 3.48.